The van der Waals surface area contributed by atoms with E-state index in [0.29, 0.717) is 4.99 Å². The summed E-state index contributed by atoms with van der Waals surface area (Å²) in [6, 6.07) is 6.14. The molecule has 1 fully saturated rings. The molecule has 0 saturated carbocycles. The predicted molar refractivity (Wildman–Crippen MR) is 91.8 cm³/mol. The number of methoxy groups -OCH3 is 1. The Morgan fingerprint density at radius 3 is 2.67 bits per heavy atom. The van der Waals surface area contributed by atoms with Crippen LogP contribution in [-0.2, 0) is 6.54 Å². The van der Waals surface area contributed by atoms with Gasteiger partial charge in [0, 0.05) is 6.54 Å². The fraction of sp³-hybridized carbons (Fsp3) is 0.588. The Kier molecular flexibility index (Phi) is 6.00. The molecule has 4 heteroatoms. The first-order valence-corrected chi connectivity index (χ1v) is 8.24. The largest absolute Gasteiger partial charge is 0.496 e. The van der Waals surface area contributed by atoms with Gasteiger partial charge in [-0.05, 0) is 49.5 Å². The Morgan fingerprint density at radius 1 is 1.38 bits per heavy atom. The highest BCUT2D eigenvalue weighted by Crippen LogP contribution is 2.25. The van der Waals surface area contributed by atoms with Gasteiger partial charge in [0.05, 0.1) is 12.7 Å². The average molecular weight is 306 g/mol. The van der Waals surface area contributed by atoms with Gasteiger partial charge in [-0.25, -0.2) is 0 Å². The molecule has 1 aliphatic rings. The van der Waals surface area contributed by atoms with E-state index in [1.165, 1.54) is 44.3 Å². The molecule has 0 bridgehead atoms. The summed E-state index contributed by atoms with van der Waals surface area (Å²) in [5.41, 5.74) is 7.88. The first-order valence-electron chi connectivity index (χ1n) is 7.83. The minimum atomic E-state index is 0.398. The molecule has 3 nitrogen and oxygen atoms in total. The maximum absolute atomic E-state index is 5.78. The predicted octanol–water partition coefficient (Wildman–Crippen LogP) is 3.34. The Hall–Kier alpha value is -1.13. The zero-order chi connectivity index (χ0) is 15.2. The van der Waals surface area contributed by atoms with E-state index in [1.54, 1.807) is 7.11 Å². The number of likely N-dealkylation sites (tertiary alicyclic amines) is 1. The molecule has 1 aromatic rings. The lowest BCUT2D eigenvalue weighted by atomic mass is 9.92. The Labute approximate surface area is 133 Å². The number of hydrogen-bond acceptors (Lipinski definition) is 3. The second-order valence-corrected chi connectivity index (χ2v) is 6.35. The van der Waals surface area contributed by atoms with E-state index in [-0.39, 0.29) is 0 Å². The molecule has 0 aromatic heterocycles. The minimum Gasteiger partial charge on any atom is -0.496 e. The summed E-state index contributed by atoms with van der Waals surface area (Å²) >= 11 is 5.11. The van der Waals surface area contributed by atoms with E-state index in [2.05, 4.69) is 24.0 Å². The van der Waals surface area contributed by atoms with Gasteiger partial charge in [0.15, 0.2) is 0 Å². The van der Waals surface area contributed by atoms with Crippen molar-refractivity contribution in [1.29, 1.82) is 0 Å². The number of nitrogens with zero attached hydrogens (tertiary/aromatic N) is 1. The Morgan fingerprint density at radius 2 is 2.10 bits per heavy atom. The van der Waals surface area contributed by atoms with Crippen molar-refractivity contribution in [3.8, 4) is 5.75 Å². The van der Waals surface area contributed by atoms with E-state index in [4.69, 9.17) is 22.7 Å². The molecule has 1 aliphatic heterocycles. The monoisotopic (exact) mass is 306 g/mol. The van der Waals surface area contributed by atoms with Crippen LogP contribution in [0, 0.1) is 5.92 Å². The standard InChI is InChI=1S/C17H26N2OS/c1-3-4-13-7-9-19(10-8-13)12-14-5-6-16(20-2)15(11-14)17(18)21/h5-6,11,13H,3-4,7-10,12H2,1-2H3,(H2,18,21). The van der Waals surface area contributed by atoms with Gasteiger partial charge in [0.1, 0.15) is 10.7 Å². The summed E-state index contributed by atoms with van der Waals surface area (Å²) in [6.07, 6.45) is 5.33. The molecule has 21 heavy (non-hydrogen) atoms. The van der Waals surface area contributed by atoms with Crippen molar-refractivity contribution in [2.45, 2.75) is 39.2 Å². The molecular formula is C17H26N2OS. The van der Waals surface area contributed by atoms with Crippen LogP contribution in [0.3, 0.4) is 0 Å². The second-order valence-electron chi connectivity index (χ2n) is 5.91. The van der Waals surface area contributed by atoms with Crippen molar-refractivity contribution in [3.05, 3.63) is 29.3 Å². The maximum atomic E-state index is 5.78. The third-order valence-corrected chi connectivity index (χ3v) is 4.56. The van der Waals surface area contributed by atoms with Gasteiger partial charge >= 0.3 is 0 Å². The Bertz CT molecular complexity index is 482. The normalized spacial score (nSPS) is 16.9. The van der Waals surface area contributed by atoms with Gasteiger partial charge in [0.25, 0.3) is 0 Å². The topological polar surface area (TPSA) is 38.5 Å². The van der Waals surface area contributed by atoms with Gasteiger partial charge in [-0.3, -0.25) is 4.90 Å². The van der Waals surface area contributed by atoms with E-state index in [0.717, 1.165) is 23.8 Å². The fourth-order valence-electron chi connectivity index (χ4n) is 3.15. The van der Waals surface area contributed by atoms with Crippen LogP contribution in [0.2, 0.25) is 0 Å². The highest BCUT2D eigenvalue weighted by atomic mass is 32.1. The maximum Gasteiger partial charge on any atom is 0.129 e. The van der Waals surface area contributed by atoms with Crippen LogP contribution in [0.4, 0.5) is 0 Å². The number of benzene rings is 1. The molecule has 116 valence electrons. The van der Waals surface area contributed by atoms with Crippen LogP contribution in [0.1, 0.15) is 43.7 Å². The van der Waals surface area contributed by atoms with Crippen LogP contribution < -0.4 is 10.5 Å². The zero-order valence-corrected chi connectivity index (χ0v) is 13.9. The number of piperidine rings is 1. The summed E-state index contributed by atoms with van der Waals surface area (Å²) in [6.45, 7) is 5.64. The quantitative estimate of drug-likeness (QED) is 0.818. The lowest BCUT2D eigenvalue weighted by Gasteiger charge is -2.32. The molecule has 0 atom stereocenters. The van der Waals surface area contributed by atoms with Crippen LogP contribution >= 0.6 is 12.2 Å². The number of ether oxygens (including phenoxy) is 1. The van der Waals surface area contributed by atoms with Gasteiger partial charge < -0.3 is 10.5 Å². The smallest absolute Gasteiger partial charge is 0.129 e. The number of hydrogen-bond donors (Lipinski definition) is 1. The highest BCUT2D eigenvalue weighted by Gasteiger charge is 2.19. The van der Waals surface area contributed by atoms with Gasteiger partial charge in [0.2, 0.25) is 0 Å². The average Bonchev–Trinajstić information content (AvgIpc) is 2.49. The number of nitrogens with two attached hydrogens (primary N) is 1. The van der Waals surface area contributed by atoms with Crippen molar-refractivity contribution in [1.82, 2.24) is 4.90 Å². The molecule has 0 aliphatic carbocycles. The first-order chi connectivity index (χ1) is 10.1. The fourth-order valence-corrected chi connectivity index (χ4v) is 3.31. The summed E-state index contributed by atoms with van der Waals surface area (Å²) in [7, 11) is 1.65. The van der Waals surface area contributed by atoms with E-state index < -0.39 is 0 Å². The lowest BCUT2D eigenvalue weighted by Crippen LogP contribution is -2.33. The molecule has 0 radical (unpaired) electrons. The minimum absolute atomic E-state index is 0.398. The third kappa shape index (κ3) is 4.42. The molecular weight excluding hydrogens is 280 g/mol. The second kappa shape index (κ2) is 7.76. The van der Waals surface area contributed by atoms with Crippen LogP contribution in [0.25, 0.3) is 0 Å². The molecule has 0 amide bonds. The number of rotatable bonds is 6. The van der Waals surface area contributed by atoms with Crippen molar-refractivity contribution in [2.75, 3.05) is 20.2 Å². The summed E-state index contributed by atoms with van der Waals surface area (Å²) in [5, 5.41) is 0. The van der Waals surface area contributed by atoms with E-state index in [1.807, 2.05) is 6.07 Å². The molecule has 2 rings (SSSR count). The molecule has 1 saturated heterocycles. The van der Waals surface area contributed by atoms with E-state index >= 15 is 0 Å². The SMILES string of the molecule is CCCC1CCN(Cc2ccc(OC)c(C(N)=S)c2)CC1. The molecule has 1 aromatic carbocycles. The Balaban J connectivity index is 1.97. The van der Waals surface area contributed by atoms with Crippen LogP contribution in [0.5, 0.6) is 5.75 Å². The van der Waals surface area contributed by atoms with Crippen LogP contribution in [-0.4, -0.2) is 30.1 Å². The van der Waals surface area contributed by atoms with Gasteiger partial charge in [-0.1, -0.05) is 38.0 Å². The van der Waals surface area contributed by atoms with Gasteiger partial charge in [-0.2, -0.15) is 0 Å². The summed E-state index contributed by atoms with van der Waals surface area (Å²) in [4.78, 5) is 2.92. The highest BCUT2D eigenvalue weighted by molar-refractivity contribution is 7.80. The molecule has 2 N–H and O–H groups in total. The number of thiocarbonyl (C=S) groups is 1. The van der Waals surface area contributed by atoms with Crippen molar-refractivity contribution in [3.63, 3.8) is 0 Å². The summed E-state index contributed by atoms with van der Waals surface area (Å²) in [5.74, 6) is 1.68. The molecule has 0 spiro atoms. The third-order valence-electron chi connectivity index (χ3n) is 4.34. The molecule has 0 unspecified atom stereocenters. The van der Waals surface area contributed by atoms with Crippen molar-refractivity contribution in [2.24, 2.45) is 11.7 Å². The first kappa shape index (κ1) is 16.2. The lowest BCUT2D eigenvalue weighted by molar-refractivity contribution is 0.172. The van der Waals surface area contributed by atoms with Gasteiger partial charge in [-0.15, -0.1) is 0 Å². The molecule has 1 heterocycles. The van der Waals surface area contributed by atoms with E-state index in [9.17, 15) is 0 Å². The van der Waals surface area contributed by atoms with Crippen LogP contribution in [0.15, 0.2) is 18.2 Å². The summed E-state index contributed by atoms with van der Waals surface area (Å²) < 4.78 is 5.31. The van der Waals surface area contributed by atoms with Crippen molar-refractivity contribution >= 4 is 17.2 Å². The van der Waals surface area contributed by atoms with Crippen molar-refractivity contribution < 1.29 is 4.74 Å². The zero-order valence-electron chi connectivity index (χ0n) is 13.1.